The van der Waals surface area contributed by atoms with E-state index in [0.29, 0.717) is 19.3 Å². The van der Waals surface area contributed by atoms with Gasteiger partial charge in [0.15, 0.2) is 6.10 Å². The summed E-state index contributed by atoms with van der Waals surface area (Å²) in [5.41, 5.74) is 0. The largest absolute Gasteiger partial charge is 0.462 e. The van der Waals surface area contributed by atoms with Crippen molar-refractivity contribution >= 4 is 17.9 Å². The molecule has 0 aromatic rings. The Kier molecular flexibility index (Phi) is 60.4. The molecule has 0 heterocycles. The van der Waals surface area contributed by atoms with Crippen LogP contribution < -0.4 is 0 Å². The molecule has 1 atom stereocenters. The molecule has 0 fully saturated rings. The smallest absolute Gasteiger partial charge is 0.306 e. The molecule has 0 saturated heterocycles. The van der Waals surface area contributed by atoms with Gasteiger partial charge in [-0.3, -0.25) is 14.4 Å². The van der Waals surface area contributed by atoms with Gasteiger partial charge in [-0.1, -0.05) is 257 Å². The summed E-state index contributed by atoms with van der Waals surface area (Å²) in [6, 6.07) is 0. The normalized spacial score (nSPS) is 13.0. The summed E-state index contributed by atoms with van der Waals surface area (Å²) < 4.78 is 16.9. The zero-order valence-electron chi connectivity index (χ0n) is 49.9. The first-order valence-corrected chi connectivity index (χ1v) is 31.7. The number of hydrogen-bond acceptors (Lipinski definition) is 6. The summed E-state index contributed by atoms with van der Waals surface area (Å²) >= 11 is 0. The lowest BCUT2D eigenvalue weighted by Crippen LogP contribution is -2.30. The number of unbranched alkanes of at least 4 members (excludes halogenated alkanes) is 23. The number of ether oxygens (including phenoxy) is 3. The molecule has 0 aliphatic rings. The summed E-state index contributed by atoms with van der Waals surface area (Å²) in [6.07, 6.45) is 90.2. The quantitative estimate of drug-likeness (QED) is 0.0261. The third-order valence-electron chi connectivity index (χ3n) is 13.1. The van der Waals surface area contributed by atoms with E-state index in [-0.39, 0.29) is 31.1 Å². The highest BCUT2D eigenvalue weighted by atomic mass is 16.6. The molecule has 0 radical (unpaired) electrons. The van der Waals surface area contributed by atoms with Crippen LogP contribution in [-0.2, 0) is 28.6 Å². The van der Waals surface area contributed by atoms with E-state index in [1.165, 1.54) is 89.9 Å². The molecule has 0 N–H and O–H groups in total. The lowest BCUT2D eigenvalue weighted by Gasteiger charge is -2.18. The highest BCUT2D eigenvalue weighted by molar-refractivity contribution is 5.71. The first-order valence-electron chi connectivity index (χ1n) is 31.7. The maximum Gasteiger partial charge on any atom is 0.306 e. The van der Waals surface area contributed by atoms with Crippen LogP contribution in [0.4, 0.5) is 0 Å². The lowest BCUT2D eigenvalue weighted by molar-refractivity contribution is -0.167. The van der Waals surface area contributed by atoms with Gasteiger partial charge in [-0.2, -0.15) is 0 Å². The lowest BCUT2D eigenvalue weighted by atomic mass is 10.1. The molecule has 0 amide bonds. The van der Waals surface area contributed by atoms with E-state index in [0.717, 1.165) is 148 Å². The van der Waals surface area contributed by atoms with Crippen molar-refractivity contribution in [1.29, 1.82) is 0 Å². The van der Waals surface area contributed by atoms with Gasteiger partial charge in [-0.25, -0.2) is 0 Å². The maximum absolute atomic E-state index is 12.9. The minimum atomic E-state index is -0.806. The van der Waals surface area contributed by atoms with Crippen LogP contribution in [0.3, 0.4) is 0 Å². The first-order chi connectivity index (χ1) is 38.0. The fourth-order valence-electron chi connectivity index (χ4n) is 8.37. The number of esters is 3. The van der Waals surface area contributed by atoms with Crippen LogP contribution in [0.2, 0.25) is 0 Å². The number of rotatable bonds is 56. The Morgan fingerprint density at radius 2 is 0.532 bits per heavy atom. The highest BCUT2D eigenvalue weighted by Gasteiger charge is 2.19. The van der Waals surface area contributed by atoms with Gasteiger partial charge in [0.25, 0.3) is 0 Å². The summed E-state index contributed by atoms with van der Waals surface area (Å²) in [5.74, 6) is -0.952. The summed E-state index contributed by atoms with van der Waals surface area (Å²) in [6.45, 7) is 6.41. The number of hydrogen-bond donors (Lipinski definition) is 0. The molecular weight excluding hydrogens is 949 g/mol. The van der Waals surface area contributed by atoms with Gasteiger partial charge in [0.2, 0.25) is 0 Å². The fraction of sp³-hybridized carbons (Fsp3) is 0.648. The van der Waals surface area contributed by atoms with E-state index >= 15 is 0 Å². The van der Waals surface area contributed by atoms with Gasteiger partial charge < -0.3 is 14.2 Å². The van der Waals surface area contributed by atoms with Gasteiger partial charge in [0.1, 0.15) is 13.2 Å². The Balaban J connectivity index is 4.44. The molecule has 0 aromatic heterocycles. The number of carbonyl (C=O) groups is 3. The van der Waals surface area contributed by atoms with Crippen molar-refractivity contribution in [3.05, 3.63) is 134 Å². The minimum Gasteiger partial charge on any atom is -0.462 e. The molecule has 0 saturated carbocycles. The topological polar surface area (TPSA) is 78.9 Å². The van der Waals surface area contributed by atoms with Gasteiger partial charge >= 0.3 is 17.9 Å². The van der Waals surface area contributed by atoms with Gasteiger partial charge in [-0.15, -0.1) is 0 Å². The zero-order valence-corrected chi connectivity index (χ0v) is 49.9. The van der Waals surface area contributed by atoms with Crippen molar-refractivity contribution in [2.24, 2.45) is 0 Å². The molecule has 6 nitrogen and oxygen atoms in total. The second kappa shape index (κ2) is 64.1. The Labute approximate surface area is 475 Å². The highest BCUT2D eigenvalue weighted by Crippen LogP contribution is 2.15. The van der Waals surface area contributed by atoms with Gasteiger partial charge in [0, 0.05) is 19.3 Å². The van der Waals surface area contributed by atoms with Crippen LogP contribution in [0.1, 0.15) is 278 Å². The molecule has 0 aliphatic carbocycles. The molecule has 0 bridgehead atoms. The van der Waals surface area contributed by atoms with Crippen molar-refractivity contribution in [3.63, 3.8) is 0 Å². The van der Waals surface area contributed by atoms with E-state index < -0.39 is 6.10 Å². The molecule has 436 valence electrons. The molecule has 1 unspecified atom stereocenters. The predicted molar refractivity (Wildman–Crippen MR) is 334 cm³/mol. The van der Waals surface area contributed by atoms with E-state index in [4.69, 9.17) is 14.2 Å². The Morgan fingerprint density at radius 1 is 0.273 bits per heavy atom. The third-order valence-corrected chi connectivity index (χ3v) is 13.1. The third kappa shape index (κ3) is 62.3. The van der Waals surface area contributed by atoms with E-state index in [2.05, 4.69) is 154 Å². The van der Waals surface area contributed by atoms with Crippen LogP contribution in [0.25, 0.3) is 0 Å². The average molecular weight is 1070 g/mol. The second-order valence-electron chi connectivity index (χ2n) is 20.6. The molecule has 0 spiro atoms. The Bertz CT molecular complexity index is 1650. The fourth-order valence-corrected chi connectivity index (χ4v) is 8.37. The maximum atomic E-state index is 12.9. The monoisotopic (exact) mass is 1060 g/mol. The summed E-state index contributed by atoms with van der Waals surface area (Å²) in [5, 5.41) is 0. The summed E-state index contributed by atoms with van der Waals surface area (Å²) in [4.78, 5) is 38.3. The van der Waals surface area contributed by atoms with Crippen LogP contribution >= 0.6 is 0 Å². The predicted octanol–water partition coefficient (Wildman–Crippen LogP) is 21.8. The molecule has 6 heteroatoms. The zero-order chi connectivity index (χ0) is 55.7. The van der Waals surface area contributed by atoms with Crippen molar-refractivity contribution in [2.45, 2.75) is 284 Å². The Hall–Kier alpha value is -4.45. The number of allylic oxidation sites excluding steroid dienone is 22. The van der Waals surface area contributed by atoms with Crippen LogP contribution in [0, 0.1) is 0 Å². The van der Waals surface area contributed by atoms with Gasteiger partial charge in [-0.05, 0) is 135 Å². The molecular formula is C71H116O6. The Morgan fingerprint density at radius 3 is 0.857 bits per heavy atom. The van der Waals surface area contributed by atoms with E-state index in [9.17, 15) is 14.4 Å². The standard InChI is InChI=1S/C71H116O6/c1-4-7-10-13-16-19-22-25-27-29-31-33-34-35-36-38-39-41-43-46-49-52-55-58-61-64-70(73)76-67-68(66-75-69(72)63-60-57-54-51-48-45-24-21-18-15-12-9-6-3)77-71(74)65-62-59-56-53-50-47-44-42-40-37-32-30-28-26-23-20-17-14-11-8-5-2/h7,10,12,15-16,19,21,23-27,30-33,35-36,39,41,46,49,68H,4-6,8-9,11,13-14,17-18,20,22,28-29,34,37-38,40,42-45,47-48,50-67H2,1-3H3/b10-7-,15-12-,19-16-,24-21-,26-23-,27-25-,32-30-,33-31-,36-35-,41-39-,49-46-. The van der Waals surface area contributed by atoms with Crippen LogP contribution in [0.15, 0.2) is 134 Å². The van der Waals surface area contributed by atoms with Crippen molar-refractivity contribution in [2.75, 3.05) is 13.2 Å². The van der Waals surface area contributed by atoms with Crippen molar-refractivity contribution in [1.82, 2.24) is 0 Å². The molecule has 0 aliphatic heterocycles. The second-order valence-corrected chi connectivity index (χ2v) is 20.6. The number of carbonyl (C=O) groups excluding carboxylic acids is 3. The molecule has 0 rings (SSSR count). The molecule has 0 aromatic carbocycles. The van der Waals surface area contributed by atoms with Crippen molar-refractivity contribution in [3.8, 4) is 0 Å². The average Bonchev–Trinajstić information content (AvgIpc) is 3.43. The van der Waals surface area contributed by atoms with Gasteiger partial charge in [0.05, 0.1) is 0 Å². The first kappa shape index (κ1) is 72.5. The van der Waals surface area contributed by atoms with E-state index in [1.54, 1.807) is 0 Å². The van der Waals surface area contributed by atoms with E-state index in [1.807, 2.05) is 0 Å². The SMILES string of the molecule is CC/C=C\C/C=C\C/C=C\C/C=C\C/C=C\C/C=C\C/C=C\CCCCCC(=O)OCC(COC(=O)CCCCCCC/C=C\C/C=C\CCC)OC(=O)CCCCCCCCCCC/C=C\C/C=C\CCCCCCC. The van der Waals surface area contributed by atoms with Crippen LogP contribution in [0.5, 0.6) is 0 Å². The van der Waals surface area contributed by atoms with Crippen LogP contribution in [-0.4, -0.2) is 37.2 Å². The summed E-state index contributed by atoms with van der Waals surface area (Å²) in [7, 11) is 0. The van der Waals surface area contributed by atoms with Crippen molar-refractivity contribution < 1.29 is 28.6 Å². The molecule has 77 heavy (non-hydrogen) atoms. The minimum absolute atomic E-state index is 0.102.